The molecule has 3 rings (SSSR count). The summed E-state index contributed by atoms with van der Waals surface area (Å²) in [4.78, 5) is 12.1. The third-order valence-electron chi connectivity index (χ3n) is 4.14. The van der Waals surface area contributed by atoms with Crippen LogP contribution in [0.2, 0.25) is 0 Å². The van der Waals surface area contributed by atoms with Gasteiger partial charge in [-0.3, -0.25) is 4.79 Å². The number of amides is 1. The van der Waals surface area contributed by atoms with Crippen LogP contribution in [0.5, 0.6) is 0 Å². The number of tetrazole rings is 1. The van der Waals surface area contributed by atoms with E-state index in [0.717, 1.165) is 30.4 Å². The van der Waals surface area contributed by atoms with Crippen molar-refractivity contribution < 1.29 is 4.79 Å². The van der Waals surface area contributed by atoms with Crippen LogP contribution in [0.15, 0.2) is 24.3 Å². The van der Waals surface area contributed by atoms with Crippen molar-refractivity contribution in [2.75, 3.05) is 6.54 Å². The number of rotatable bonds is 5. The number of nitrogens with one attached hydrogen (secondary N) is 2. The van der Waals surface area contributed by atoms with Crippen LogP contribution in [0.3, 0.4) is 0 Å². The van der Waals surface area contributed by atoms with Gasteiger partial charge in [0.05, 0.1) is 6.42 Å². The Kier molecular flexibility index (Phi) is 3.88. The molecule has 112 valence electrons. The maximum atomic E-state index is 12.1. The van der Waals surface area contributed by atoms with Gasteiger partial charge in [-0.05, 0) is 29.7 Å². The molecule has 0 aliphatic heterocycles. The molecule has 6 nitrogen and oxygen atoms in total. The summed E-state index contributed by atoms with van der Waals surface area (Å²) < 4.78 is 0. The standard InChI is InChI=1S/C16H17N5O/c1-2-16(7-4-8-16)11-17-14(22)10-12-5-3-6-13(9-12)15-18-20-21-19-15/h1,3,5-6,9H,4,7-8,10-11H2,(H,17,22)(H,18,19,20,21). The lowest BCUT2D eigenvalue weighted by molar-refractivity contribution is -0.121. The average molecular weight is 295 g/mol. The minimum absolute atomic E-state index is 0.0215. The van der Waals surface area contributed by atoms with Crippen molar-refractivity contribution in [3.8, 4) is 23.7 Å². The van der Waals surface area contributed by atoms with Crippen LogP contribution >= 0.6 is 0 Å². The van der Waals surface area contributed by atoms with Crippen LogP contribution in [0.1, 0.15) is 24.8 Å². The molecule has 1 aromatic carbocycles. The van der Waals surface area contributed by atoms with E-state index in [0.29, 0.717) is 18.8 Å². The zero-order valence-corrected chi connectivity index (χ0v) is 12.2. The van der Waals surface area contributed by atoms with Gasteiger partial charge in [0.15, 0.2) is 0 Å². The minimum Gasteiger partial charge on any atom is -0.354 e. The summed E-state index contributed by atoms with van der Waals surface area (Å²) in [5.41, 5.74) is 1.61. The number of H-pyrrole nitrogens is 1. The number of carbonyl (C=O) groups is 1. The first-order chi connectivity index (χ1) is 10.7. The number of aromatic amines is 1. The largest absolute Gasteiger partial charge is 0.354 e. The van der Waals surface area contributed by atoms with Crippen LogP contribution in [0.25, 0.3) is 11.4 Å². The molecular formula is C16H17N5O. The van der Waals surface area contributed by atoms with Crippen molar-refractivity contribution in [3.05, 3.63) is 29.8 Å². The van der Waals surface area contributed by atoms with Crippen LogP contribution in [0, 0.1) is 17.8 Å². The Morgan fingerprint density at radius 2 is 2.32 bits per heavy atom. The second kappa shape index (κ2) is 5.98. The summed E-state index contributed by atoms with van der Waals surface area (Å²) in [7, 11) is 0. The molecule has 0 unspecified atom stereocenters. The maximum Gasteiger partial charge on any atom is 0.224 e. The predicted molar refractivity (Wildman–Crippen MR) is 81.4 cm³/mol. The second-order valence-corrected chi connectivity index (χ2v) is 5.67. The highest BCUT2D eigenvalue weighted by atomic mass is 16.1. The fraction of sp³-hybridized carbons (Fsp3) is 0.375. The summed E-state index contributed by atoms with van der Waals surface area (Å²) in [6, 6.07) is 7.56. The molecular weight excluding hydrogens is 278 g/mol. The molecule has 6 heteroatoms. The van der Waals surface area contributed by atoms with E-state index >= 15 is 0 Å². The third kappa shape index (κ3) is 2.98. The van der Waals surface area contributed by atoms with Crippen molar-refractivity contribution in [2.45, 2.75) is 25.7 Å². The van der Waals surface area contributed by atoms with Crippen molar-refractivity contribution in [1.82, 2.24) is 25.9 Å². The molecule has 0 radical (unpaired) electrons. The summed E-state index contributed by atoms with van der Waals surface area (Å²) in [5, 5.41) is 16.8. The zero-order chi connectivity index (χ0) is 15.4. The van der Waals surface area contributed by atoms with Gasteiger partial charge in [0.1, 0.15) is 0 Å². The maximum absolute atomic E-state index is 12.1. The molecule has 1 aliphatic carbocycles. The first-order valence-corrected chi connectivity index (χ1v) is 7.28. The topological polar surface area (TPSA) is 83.6 Å². The number of benzene rings is 1. The molecule has 1 aromatic heterocycles. The molecule has 0 bridgehead atoms. The van der Waals surface area contributed by atoms with E-state index in [-0.39, 0.29) is 11.3 Å². The van der Waals surface area contributed by atoms with Gasteiger partial charge >= 0.3 is 0 Å². The molecule has 2 N–H and O–H groups in total. The normalized spacial score (nSPS) is 15.6. The fourth-order valence-corrected chi connectivity index (χ4v) is 2.60. The zero-order valence-electron chi connectivity index (χ0n) is 12.2. The number of carbonyl (C=O) groups excluding carboxylic acids is 1. The Hall–Kier alpha value is -2.68. The quantitative estimate of drug-likeness (QED) is 0.815. The van der Waals surface area contributed by atoms with Gasteiger partial charge in [0.25, 0.3) is 0 Å². The number of nitrogens with zero attached hydrogens (tertiary/aromatic N) is 3. The van der Waals surface area contributed by atoms with Gasteiger partial charge in [-0.15, -0.1) is 16.6 Å². The smallest absolute Gasteiger partial charge is 0.224 e. The van der Waals surface area contributed by atoms with Crippen molar-refractivity contribution in [1.29, 1.82) is 0 Å². The van der Waals surface area contributed by atoms with E-state index in [1.54, 1.807) is 0 Å². The first kappa shape index (κ1) is 14.3. The van der Waals surface area contributed by atoms with Gasteiger partial charge in [-0.25, -0.2) is 0 Å². The van der Waals surface area contributed by atoms with E-state index in [1.165, 1.54) is 0 Å². The summed E-state index contributed by atoms with van der Waals surface area (Å²) in [6.07, 6.45) is 9.01. The molecule has 0 saturated heterocycles. The molecule has 22 heavy (non-hydrogen) atoms. The highest BCUT2D eigenvalue weighted by Crippen LogP contribution is 2.39. The molecule has 0 spiro atoms. The van der Waals surface area contributed by atoms with Gasteiger partial charge in [-0.1, -0.05) is 30.5 Å². The van der Waals surface area contributed by atoms with E-state index in [4.69, 9.17) is 6.42 Å². The van der Waals surface area contributed by atoms with E-state index < -0.39 is 0 Å². The van der Waals surface area contributed by atoms with Gasteiger partial charge in [0.2, 0.25) is 11.7 Å². The Balaban J connectivity index is 1.60. The van der Waals surface area contributed by atoms with Gasteiger partial charge < -0.3 is 5.32 Å². The van der Waals surface area contributed by atoms with Crippen molar-refractivity contribution in [3.63, 3.8) is 0 Å². The molecule has 0 atom stereocenters. The predicted octanol–water partition coefficient (Wildman–Crippen LogP) is 1.33. The van der Waals surface area contributed by atoms with Crippen LogP contribution in [0.4, 0.5) is 0 Å². The van der Waals surface area contributed by atoms with Gasteiger partial charge in [-0.2, -0.15) is 5.21 Å². The summed E-state index contributed by atoms with van der Waals surface area (Å²) in [6.45, 7) is 0.562. The molecule has 1 fully saturated rings. The SMILES string of the molecule is C#CC1(CNC(=O)Cc2cccc(-c3nn[nH]n3)c2)CCC1. The van der Waals surface area contributed by atoms with Gasteiger partial charge in [0, 0.05) is 17.5 Å². The number of hydrogen-bond acceptors (Lipinski definition) is 4. The van der Waals surface area contributed by atoms with Crippen molar-refractivity contribution in [2.24, 2.45) is 5.41 Å². The average Bonchev–Trinajstić information content (AvgIpc) is 3.01. The second-order valence-electron chi connectivity index (χ2n) is 5.67. The highest BCUT2D eigenvalue weighted by Gasteiger charge is 2.35. The molecule has 1 saturated carbocycles. The summed E-state index contributed by atoms with van der Waals surface area (Å²) >= 11 is 0. The lowest BCUT2D eigenvalue weighted by Gasteiger charge is -2.37. The molecule has 1 aliphatic rings. The Morgan fingerprint density at radius 3 is 2.95 bits per heavy atom. The number of aromatic nitrogens is 4. The van der Waals surface area contributed by atoms with E-state index in [9.17, 15) is 4.79 Å². The minimum atomic E-state index is -0.123. The Morgan fingerprint density at radius 1 is 1.45 bits per heavy atom. The molecule has 2 aromatic rings. The lowest BCUT2D eigenvalue weighted by atomic mass is 9.69. The fourth-order valence-electron chi connectivity index (χ4n) is 2.60. The van der Waals surface area contributed by atoms with E-state index in [1.807, 2.05) is 24.3 Å². The van der Waals surface area contributed by atoms with Crippen LogP contribution in [-0.2, 0) is 11.2 Å². The third-order valence-corrected chi connectivity index (χ3v) is 4.14. The Bertz CT molecular complexity index is 698. The monoisotopic (exact) mass is 295 g/mol. The summed E-state index contributed by atoms with van der Waals surface area (Å²) in [5.74, 6) is 3.32. The number of hydrogen-bond donors (Lipinski definition) is 2. The van der Waals surface area contributed by atoms with Crippen LogP contribution < -0.4 is 5.32 Å². The molecule has 1 heterocycles. The van der Waals surface area contributed by atoms with Crippen LogP contribution in [-0.4, -0.2) is 33.1 Å². The first-order valence-electron chi connectivity index (χ1n) is 7.28. The lowest BCUT2D eigenvalue weighted by Crippen LogP contribution is -2.41. The van der Waals surface area contributed by atoms with Crippen molar-refractivity contribution >= 4 is 5.91 Å². The number of terminal acetylenes is 1. The molecule has 1 amide bonds. The van der Waals surface area contributed by atoms with E-state index in [2.05, 4.69) is 31.9 Å². The Labute approximate surface area is 128 Å². The highest BCUT2D eigenvalue weighted by molar-refractivity contribution is 5.79.